The van der Waals surface area contributed by atoms with Crippen molar-refractivity contribution < 1.29 is 19.4 Å². The molecule has 5 aromatic carbocycles. The average molecular weight is 633 g/mol. The summed E-state index contributed by atoms with van der Waals surface area (Å²) in [5.74, 6) is 1.40. The molecule has 0 bridgehead atoms. The monoisotopic (exact) mass is 632 g/mol. The van der Waals surface area contributed by atoms with Gasteiger partial charge in [0.05, 0.1) is 37.2 Å². The number of aliphatic hydroxyl groups is 1. The van der Waals surface area contributed by atoms with Gasteiger partial charge in [0.25, 0.3) is 0 Å². The Morgan fingerprint density at radius 2 is 1.33 bits per heavy atom. The van der Waals surface area contributed by atoms with Gasteiger partial charge in [-0.25, -0.2) is 0 Å². The molecule has 0 spiro atoms. The zero-order valence-electron chi connectivity index (χ0n) is 26.1. The topological polar surface area (TPSA) is 93.8 Å². The molecule has 7 heteroatoms. The number of ether oxygens (including phenoxy) is 2. The minimum absolute atomic E-state index is 0.217. The summed E-state index contributed by atoms with van der Waals surface area (Å²) < 4.78 is 10.4. The number of rotatable bonds is 14. The molecule has 236 valence electrons. The summed E-state index contributed by atoms with van der Waals surface area (Å²) in [5.41, 5.74) is 12.3. The normalized spacial score (nSPS) is 12.6. The fourth-order valence-corrected chi connectivity index (χ4v) is 7.19. The lowest BCUT2D eigenvalue weighted by molar-refractivity contribution is -0.122. The third-order valence-electron chi connectivity index (χ3n) is 8.00. The lowest BCUT2D eigenvalue weighted by Gasteiger charge is -2.36. The first-order valence-corrected chi connectivity index (χ1v) is 16.4. The molecule has 1 unspecified atom stereocenters. The molecule has 0 saturated carbocycles. The Morgan fingerprint density at radius 1 is 0.804 bits per heavy atom. The molecule has 5 rings (SSSR count). The molecule has 4 N–H and O–H groups in total. The van der Waals surface area contributed by atoms with Gasteiger partial charge in [-0.05, 0) is 64.6 Å². The number of nitrogens with two attached hydrogens (primary N) is 1. The lowest BCUT2D eigenvalue weighted by atomic mass is 9.84. The Kier molecular flexibility index (Phi) is 11.2. The lowest BCUT2D eigenvalue weighted by Crippen LogP contribution is -2.45. The van der Waals surface area contributed by atoms with Gasteiger partial charge in [0, 0.05) is 5.75 Å². The zero-order valence-corrected chi connectivity index (χ0v) is 27.0. The molecular weight excluding hydrogens is 593 g/mol. The number of amides is 1. The van der Waals surface area contributed by atoms with E-state index in [2.05, 4.69) is 41.7 Å². The summed E-state index contributed by atoms with van der Waals surface area (Å²) in [6.45, 7) is 2.27. The van der Waals surface area contributed by atoms with Crippen LogP contribution in [0.25, 0.3) is 0 Å². The average Bonchev–Trinajstić information content (AvgIpc) is 3.12. The van der Waals surface area contributed by atoms with Crippen molar-refractivity contribution in [3.8, 4) is 11.5 Å². The van der Waals surface area contributed by atoms with E-state index in [0.717, 1.165) is 33.6 Å². The van der Waals surface area contributed by atoms with E-state index in [0.29, 0.717) is 23.7 Å². The number of hydrogen-bond acceptors (Lipinski definition) is 6. The first kappa shape index (κ1) is 32.8. The van der Waals surface area contributed by atoms with Gasteiger partial charge >= 0.3 is 0 Å². The van der Waals surface area contributed by atoms with E-state index in [1.807, 2.05) is 97.9 Å². The summed E-state index contributed by atoms with van der Waals surface area (Å²) in [6.07, 6.45) is 0. The van der Waals surface area contributed by atoms with Crippen LogP contribution in [-0.2, 0) is 16.1 Å². The third kappa shape index (κ3) is 7.29. The Hall–Kier alpha value is -4.56. The van der Waals surface area contributed by atoms with Crippen LogP contribution in [0.5, 0.6) is 11.5 Å². The number of methoxy groups -OCH3 is 1. The molecule has 0 heterocycles. The molecule has 0 aliphatic heterocycles. The minimum Gasteiger partial charge on any atom is -0.497 e. The zero-order chi connectivity index (χ0) is 32.4. The van der Waals surface area contributed by atoms with Gasteiger partial charge in [0.15, 0.2) is 0 Å². The van der Waals surface area contributed by atoms with Crippen molar-refractivity contribution in [1.82, 2.24) is 5.32 Å². The second kappa shape index (κ2) is 15.6. The van der Waals surface area contributed by atoms with Crippen LogP contribution in [-0.4, -0.2) is 36.5 Å². The van der Waals surface area contributed by atoms with Gasteiger partial charge < -0.3 is 25.6 Å². The van der Waals surface area contributed by atoms with Gasteiger partial charge in [-0.15, -0.1) is 11.8 Å². The number of carbonyl (C=O) groups is 1. The summed E-state index contributed by atoms with van der Waals surface area (Å²) in [7, 11) is 1.58. The number of carbonyl (C=O) groups excluding carboxylic acids is 1. The second-order valence-electron chi connectivity index (χ2n) is 10.9. The van der Waals surface area contributed by atoms with Crippen molar-refractivity contribution >= 4 is 17.7 Å². The number of hydrogen-bond donors (Lipinski definition) is 3. The highest BCUT2D eigenvalue weighted by molar-refractivity contribution is 8.00. The molecule has 0 aromatic heterocycles. The van der Waals surface area contributed by atoms with Gasteiger partial charge in [-0.2, -0.15) is 0 Å². The van der Waals surface area contributed by atoms with E-state index < -0.39 is 16.8 Å². The van der Waals surface area contributed by atoms with E-state index in [1.165, 1.54) is 0 Å². The van der Waals surface area contributed by atoms with Crippen LogP contribution < -0.4 is 20.5 Å². The molecule has 5 aromatic rings. The van der Waals surface area contributed by atoms with E-state index in [1.54, 1.807) is 24.9 Å². The van der Waals surface area contributed by atoms with Gasteiger partial charge in [-0.3, -0.25) is 4.79 Å². The van der Waals surface area contributed by atoms with E-state index in [4.69, 9.17) is 15.2 Å². The predicted octanol–water partition coefficient (Wildman–Crippen LogP) is 6.84. The molecule has 46 heavy (non-hydrogen) atoms. The molecule has 0 fully saturated rings. The number of aliphatic hydroxyl groups excluding tert-OH is 1. The van der Waals surface area contributed by atoms with Crippen molar-refractivity contribution in [3.05, 3.63) is 167 Å². The maximum atomic E-state index is 14.0. The molecule has 2 atom stereocenters. The van der Waals surface area contributed by atoms with Gasteiger partial charge in [0.1, 0.15) is 11.5 Å². The highest BCUT2D eigenvalue weighted by Crippen LogP contribution is 2.48. The molecular formula is C39H40N2O4S. The quantitative estimate of drug-likeness (QED) is 0.116. The van der Waals surface area contributed by atoms with Crippen molar-refractivity contribution in [1.29, 1.82) is 0 Å². The van der Waals surface area contributed by atoms with Crippen LogP contribution in [0.15, 0.2) is 133 Å². The van der Waals surface area contributed by atoms with Crippen LogP contribution in [0.4, 0.5) is 0 Å². The summed E-state index contributed by atoms with van der Waals surface area (Å²) in [6, 6.07) is 42.7. The Balaban J connectivity index is 1.47. The Bertz CT molecular complexity index is 1590. The van der Waals surface area contributed by atoms with Crippen molar-refractivity contribution in [2.45, 2.75) is 30.4 Å². The predicted molar refractivity (Wildman–Crippen MR) is 186 cm³/mol. The van der Waals surface area contributed by atoms with E-state index in [9.17, 15) is 9.90 Å². The van der Waals surface area contributed by atoms with Crippen LogP contribution >= 0.6 is 11.8 Å². The first-order valence-electron chi connectivity index (χ1n) is 15.4. The van der Waals surface area contributed by atoms with Crippen molar-refractivity contribution in [3.63, 3.8) is 0 Å². The highest BCUT2D eigenvalue weighted by atomic mass is 32.2. The molecule has 0 aliphatic carbocycles. The number of nitrogens with one attached hydrogen (secondary N) is 1. The summed E-state index contributed by atoms with van der Waals surface area (Å²) >= 11 is 1.64. The van der Waals surface area contributed by atoms with Gasteiger partial charge in [-0.1, -0.05) is 109 Å². The first-order chi connectivity index (χ1) is 22.5. The van der Waals surface area contributed by atoms with Crippen molar-refractivity contribution in [2.75, 3.05) is 19.5 Å². The molecule has 6 nitrogen and oxygen atoms in total. The summed E-state index contributed by atoms with van der Waals surface area (Å²) in [4.78, 5) is 14.0. The molecule has 0 saturated heterocycles. The third-order valence-corrected chi connectivity index (χ3v) is 9.67. The SMILES string of the molecule is CCOc1ccc(C(NC(=O)[C@@H](N)CSC(c2ccccc2)(c2ccccc2)c2ccccc2)c2ccc(OC)cc2CO)cc1. The standard InChI is InChI=1S/C39H40N2O4S/c1-3-45-33-21-19-28(20-22-33)37(35-24-23-34(44-2)25-29(35)26-42)41-38(43)36(40)27-46-39(30-13-7-4-8-14-30,31-15-9-5-10-16-31)32-17-11-6-12-18-32/h4-25,36-37,42H,3,26-27,40H2,1-2H3,(H,41,43)/t36-,37?/m0/s1. The Labute approximate surface area is 275 Å². The molecule has 0 radical (unpaired) electrons. The molecule has 1 amide bonds. The largest absolute Gasteiger partial charge is 0.497 e. The number of thioether (sulfide) groups is 1. The van der Waals surface area contributed by atoms with E-state index in [-0.39, 0.29) is 12.5 Å². The fraction of sp³-hybridized carbons (Fsp3) is 0.205. The summed E-state index contributed by atoms with van der Waals surface area (Å²) in [5, 5.41) is 13.5. The van der Waals surface area contributed by atoms with Crippen molar-refractivity contribution in [2.24, 2.45) is 5.73 Å². The maximum absolute atomic E-state index is 14.0. The van der Waals surface area contributed by atoms with Crippen LogP contribution in [0.2, 0.25) is 0 Å². The van der Waals surface area contributed by atoms with Crippen LogP contribution in [0.1, 0.15) is 46.3 Å². The highest BCUT2D eigenvalue weighted by Gasteiger charge is 2.38. The Morgan fingerprint density at radius 3 is 1.80 bits per heavy atom. The number of benzene rings is 5. The minimum atomic E-state index is -0.832. The van der Waals surface area contributed by atoms with Crippen LogP contribution in [0.3, 0.4) is 0 Å². The fourth-order valence-electron chi connectivity index (χ4n) is 5.70. The van der Waals surface area contributed by atoms with E-state index >= 15 is 0 Å². The maximum Gasteiger partial charge on any atom is 0.238 e. The van der Waals surface area contributed by atoms with Crippen LogP contribution in [0, 0.1) is 0 Å². The molecule has 0 aliphatic rings. The second-order valence-corrected chi connectivity index (χ2v) is 12.1. The smallest absolute Gasteiger partial charge is 0.238 e. The van der Waals surface area contributed by atoms with Gasteiger partial charge in [0.2, 0.25) is 5.91 Å².